The van der Waals surface area contributed by atoms with Gasteiger partial charge >= 0.3 is 0 Å². The van der Waals surface area contributed by atoms with Gasteiger partial charge in [-0.05, 0) is 22.0 Å². The maximum Gasteiger partial charge on any atom is 0.282 e. The van der Waals surface area contributed by atoms with Crippen molar-refractivity contribution in [3.63, 3.8) is 0 Å². The van der Waals surface area contributed by atoms with Gasteiger partial charge < -0.3 is 0 Å². The molecular weight excluding hydrogens is 456 g/mol. The third kappa shape index (κ3) is 4.34. The normalized spacial score (nSPS) is 18.0. The van der Waals surface area contributed by atoms with E-state index in [0.717, 1.165) is 0 Å². The molecule has 1 aliphatic heterocycles. The minimum Gasteiger partial charge on any atom is -0.242 e. The quantitative estimate of drug-likeness (QED) is 0.580. The van der Waals surface area contributed by atoms with E-state index in [-0.39, 0.29) is 36.2 Å². The van der Waals surface area contributed by atoms with Gasteiger partial charge in [-0.3, -0.25) is 0 Å². The Kier molecular flexibility index (Phi) is 6.85. The lowest BCUT2D eigenvalue weighted by atomic mass is 10.4. The first kappa shape index (κ1) is 21.0. The number of hydrogen-bond donors (Lipinski definition) is 0. The van der Waals surface area contributed by atoms with Crippen molar-refractivity contribution in [3.05, 3.63) is 21.9 Å². The summed E-state index contributed by atoms with van der Waals surface area (Å²) in [6, 6.07) is 1.39. The van der Waals surface area contributed by atoms with E-state index in [1.165, 1.54) is 25.2 Å². The van der Waals surface area contributed by atoms with Crippen molar-refractivity contribution in [1.29, 1.82) is 0 Å². The van der Waals surface area contributed by atoms with Crippen molar-refractivity contribution in [2.45, 2.75) is 18.7 Å². The largest absolute Gasteiger partial charge is 0.282 e. The van der Waals surface area contributed by atoms with Gasteiger partial charge in [-0.25, -0.2) is 13.4 Å². The minimum atomic E-state index is -3.84. The van der Waals surface area contributed by atoms with Crippen LogP contribution in [0.25, 0.3) is 0 Å². The first-order chi connectivity index (χ1) is 11.6. The Morgan fingerprint density at radius 2 is 1.64 bits per heavy atom. The van der Waals surface area contributed by atoms with E-state index in [1.54, 1.807) is 13.8 Å². The van der Waals surface area contributed by atoms with Crippen LogP contribution in [0.3, 0.4) is 0 Å². The standard InChI is InChI=1S/C13H20BrClN4O4S2/c1-3-17(4-2)25(22,23)19-7-5-18(6-8-19)24(20,21)12-9-11(14)10-16-13(12)15/h9-10H,3-8H2,1-2H3. The molecule has 1 aromatic rings. The second-order valence-corrected chi connectivity index (χ2v) is 10.4. The van der Waals surface area contributed by atoms with E-state index in [1.807, 2.05) is 0 Å². The molecule has 0 saturated carbocycles. The van der Waals surface area contributed by atoms with E-state index in [4.69, 9.17) is 11.6 Å². The molecule has 2 heterocycles. The number of nitrogens with zero attached hydrogens (tertiary/aromatic N) is 4. The number of hydrogen-bond acceptors (Lipinski definition) is 5. The lowest BCUT2D eigenvalue weighted by Gasteiger charge is -2.35. The Morgan fingerprint density at radius 1 is 1.12 bits per heavy atom. The van der Waals surface area contributed by atoms with Gasteiger partial charge in [0, 0.05) is 49.9 Å². The number of halogens is 2. The topological polar surface area (TPSA) is 90.9 Å². The molecule has 12 heteroatoms. The highest BCUT2D eigenvalue weighted by Crippen LogP contribution is 2.27. The molecule has 0 aliphatic carbocycles. The second kappa shape index (κ2) is 8.15. The molecule has 1 aliphatic rings. The number of rotatable bonds is 6. The van der Waals surface area contributed by atoms with E-state index < -0.39 is 20.2 Å². The van der Waals surface area contributed by atoms with Crippen molar-refractivity contribution in [2.75, 3.05) is 39.3 Å². The first-order valence-electron chi connectivity index (χ1n) is 7.71. The number of pyridine rings is 1. The van der Waals surface area contributed by atoms with Gasteiger partial charge in [-0.1, -0.05) is 25.4 Å². The average molecular weight is 476 g/mol. The minimum absolute atomic E-state index is 0.0612. The van der Waals surface area contributed by atoms with Gasteiger partial charge in [-0.2, -0.15) is 21.3 Å². The molecule has 8 nitrogen and oxygen atoms in total. The predicted molar refractivity (Wildman–Crippen MR) is 99.1 cm³/mol. The van der Waals surface area contributed by atoms with Crippen LogP contribution in [0.15, 0.2) is 21.6 Å². The molecule has 1 aromatic heterocycles. The summed E-state index contributed by atoms with van der Waals surface area (Å²) >= 11 is 9.11. The molecule has 1 saturated heterocycles. The molecule has 1 fully saturated rings. The first-order valence-corrected chi connectivity index (χ1v) is 11.7. The van der Waals surface area contributed by atoms with Crippen molar-refractivity contribution >= 4 is 47.8 Å². The van der Waals surface area contributed by atoms with Crippen LogP contribution in [0.2, 0.25) is 5.15 Å². The highest BCUT2D eigenvalue weighted by Gasteiger charge is 2.36. The Hall–Kier alpha value is -0.300. The van der Waals surface area contributed by atoms with Gasteiger partial charge in [0.1, 0.15) is 10.0 Å². The van der Waals surface area contributed by atoms with Crippen LogP contribution in [0.5, 0.6) is 0 Å². The summed E-state index contributed by atoms with van der Waals surface area (Å²) in [5.41, 5.74) is 0. The molecule has 0 amide bonds. The number of aromatic nitrogens is 1. The van der Waals surface area contributed by atoms with E-state index in [0.29, 0.717) is 17.6 Å². The number of sulfonamides is 1. The van der Waals surface area contributed by atoms with Crippen LogP contribution in [0.1, 0.15) is 13.8 Å². The smallest absolute Gasteiger partial charge is 0.242 e. The van der Waals surface area contributed by atoms with Gasteiger partial charge in [0.2, 0.25) is 10.0 Å². The second-order valence-electron chi connectivity index (χ2n) is 5.34. The molecule has 0 unspecified atom stereocenters. The van der Waals surface area contributed by atoms with Crippen molar-refractivity contribution in [2.24, 2.45) is 0 Å². The van der Waals surface area contributed by atoms with E-state index in [9.17, 15) is 16.8 Å². The van der Waals surface area contributed by atoms with Crippen LogP contribution in [-0.4, -0.2) is 74.0 Å². The lowest BCUT2D eigenvalue weighted by Crippen LogP contribution is -2.54. The third-order valence-electron chi connectivity index (χ3n) is 3.95. The Morgan fingerprint density at radius 3 is 2.16 bits per heavy atom. The summed E-state index contributed by atoms with van der Waals surface area (Å²) in [7, 11) is -7.42. The molecule has 2 rings (SSSR count). The summed E-state index contributed by atoms with van der Waals surface area (Å²) in [6.07, 6.45) is 1.41. The van der Waals surface area contributed by atoms with Crippen LogP contribution in [0.4, 0.5) is 0 Å². The molecule has 0 bridgehead atoms. The summed E-state index contributed by atoms with van der Waals surface area (Å²) in [4.78, 5) is 3.75. The molecular formula is C13H20BrClN4O4S2. The molecule has 0 N–H and O–H groups in total. The monoisotopic (exact) mass is 474 g/mol. The SMILES string of the molecule is CCN(CC)S(=O)(=O)N1CCN(S(=O)(=O)c2cc(Br)cnc2Cl)CC1. The summed E-state index contributed by atoms with van der Waals surface area (Å²) in [5.74, 6) is 0. The maximum atomic E-state index is 12.8. The predicted octanol–water partition coefficient (Wildman–Crippen LogP) is 1.39. The highest BCUT2D eigenvalue weighted by atomic mass is 79.9. The summed E-state index contributed by atoms with van der Waals surface area (Å²) in [6.45, 7) is 4.59. The van der Waals surface area contributed by atoms with Crippen LogP contribution >= 0.6 is 27.5 Å². The van der Waals surface area contributed by atoms with Gasteiger partial charge in [0.05, 0.1) is 0 Å². The maximum absolute atomic E-state index is 12.8. The Bertz CT molecular complexity index is 822. The lowest BCUT2D eigenvalue weighted by molar-refractivity contribution is 0.256. The Balaban J connectivity index is 2.18. The molecule has 142 valence electrons. The van der Waals surface area contributed by atoms with Gasteiger partial charge in [0.15, 0.2) is 0 Å². The van der Waals surface area contributed by atoms with Crippen molar-refractivity contribution < 1.29 is 16.8 Å². The zero-order valence-electron chi connectivity index (χ0n) is 13.9. The molecule has 25 heavy (non-hydrogen) atoms. The number of piperazine rings is 1. The zero-order valence-corrected chi connectivity index (χ0v) is 17.9. The fourth-order valence-corrected chi connectivity index (χ4v) is 6.52. The van der Waals surface area contributed by atoms with Gasteiger partial charge in [0.25, 0.3) is 10.2 Å². The highest BCUT2D eigenvalue weighted by molar-refractivity contribution is 9.10. The zero-order chi connectivity index (χ0) is 18.8. The fourth-order valence-electron chi connectivity index (χ4n) is 2.58. The third-order valence-corrected chi connectivity index (χ3v) is 8.89. The average Bonchev–Trinajstić information content (AvgIpc) is 2.58. The van der Waals surface area contributed by atoms with Crippen LogP contribution in [-0.2, 0) is 20.2 Å². The van der Waals surface area contributed by atoms with Crippen molar-refractivity contribution in [1.82, 2.24) is 17.9 Å². The molecule has 0 atom stereocenters. The Labute approximate surface area is 162 Å². The summed E-state index contributed by atoms with van der Waals surface area (Å²) in [5, 5.41) is -0.110. The van der Waals surface area contributed by atoms with E-state index in [2.05, 4.69) is 20.9 Å². The summed E-state index contributed by atoms with van der Waals surface area (Å²) < 4.78 is 55.0. The van der Waals surface area contributed by atoms with E-state index >= 15 is 0 Å². The molecule has 0 spiro atoms. The van der Waals surface area contributed by atoms with Crippen LogP contribution in [0, 0.1) is 0 Å². The fraction of sp³-hybridized carbons (Fsp3) is 0.615. The van der Waals surface area contributed by atoms with Crippen LogP contribution < -0.4 is 0 Å². The molecule has 0 aromatic carbocycles. The molecule has 0 radical (unpaired) electrons. The van der Waals surface area contributed by atoms with Gasteiger partial charge in [-0.15, -0.1) is 0 Å². The van der Waals surface area contributed by atoms with Crippen molar-refractivity contribution in [3.8, 4) is 0 Å².